The minimum Gasteiger partial charge on any atom is -0.481 e. The standard InChI is InChI=1S/C12H12BrClN2O3/c13-8-1-2-10(9(14)4-8)15-12(19)16-5-7(6-16)3-11(17)18/h1-2,4,7H,3,5-6H2,(H,15,19)(H,17,18). The zero-order chi connectivity index (χ0) is 14.0. The first-order valence-electron chi connectivity index (χ1n) is 5.68. The number of nitrogens with zero attached hydrogens (tertiary/aromatic N) is 1. The second-order valence-corrected chi connectivity index (χ2v) is 5.75. The highest BCUT2D eigenvalue weighted by molar-refractivity contribution is 9.10. The van der Waals surface area contributed by atoms with Crippen LogP contribution in [0.25, 0.3) is 0 Å². The molecule has 1 saturated heterocycles. The zero-order valence-electron chi connectivity index (χ0n) is 9.90. The van der Waals surface area contributed by atoms with Gasteiger partial charge in [0, 0.05) is 23.5 Å². The minimum atomic E-state index is -0.832. The smallest absolute Gasteiger partial charge is 0.321 e. The summed E-state index contributed by atoms with van der Waals surface area (Å²) in [6.07, 6.45) is 0.100. The largest absolute Gasteiger partial charge is 0.481 e. The molecule has 1 aliphatic heterocycles. The fourth-order valence-corrected chi connectivity index (χ4v) is 2.62. The number of amides is 2. The van der Waals surface area contributed by atoms with Crippen LogP contribution in [0.5, 0.6) is 0 Å². The number of urea groups is 1. The number of hydrogen-bond donors (Lipinski definition) is 2. The molecule has 2 rings (SSSR count). The van der Waals surface area contributed by atoms with E-state index in [4.69, 9.17) is 16.7 Å². The molecule has 2 amide bonds. The minimum absolute atomic E-state index is 0.0450. The van der Waals surface area contributed by atoms with Gasteiger partial charge in [-0.1, -0.05) is 27.5 Å². The van der Waals surface area contributed by atoms with Crippen LogP contribution in [0.4, 0.5) is 10.5 Å². The Balaban J connectivity index is 1.87. The fraction of sp³-hybridized carbons (Fsp3) is 0.333. The van der Waals surface area contributed by atoms with Gasteiger partial charge in [0.25, 0.3) is 0 Å². The molecule has 19 heavy (non-hydrogen) atoms. The molecular weight excluding hydrogens is 336 g/mol. The summed E-state index contributed by atoms with van der Waals surface area (Å²) in [6, 6.07) is 4.93. The van der Waals surface area contributed by atoms with Crippen LogP contribution in [0.3, 0.4) is 0 Å². The van der Waals surface area contributed by atoms with Gasteiger partial charge in [-0.05, 0) is 18.2 Å². The molecule has 0 bridgehead atoms. The Morgan fingerprint density at radius 3 is 2.74 bits per heavy atom. The van der Waals surface area contributed by atoms with E-state index in [0.29, 0.717) is 23.8 Å². The molecule has 102 valence electrons. The number of carboxylic acids is 1. The summed E-state index contributed by atoms with van der Waals surface area (Å²) < 4.78 is 0.834. The highest BCUT2D eigenvalue weighted by atomic mass is 79.9. The number of halogens is 2. The van der Waals surface area contributed by atoms with E-state index < -0.39 is 5.97 Å². The van der Waals surface area contributed by atoms with Crippen molar-refractivity contribution in [2.24, 2.45) is 5.92 Å². The zero-order valence-corrected chi connectivity index (χ0v) is 12.2. The highest BCUT2D eigenvalue weighted by Crippen LogP contribution is 2.27. The van der Waals surface area contributed by atoms with Crippen LogP contribution in [0.15, 0.2) is 22.7 Å². The molecule has 0 spiro atoms. The first-order valence-corrected chi connectivity index (χ1v) is 6.85. The lowest BCUT2D eigenvalue weighted by molar-refractivity contribution is -0.139. The second-order valence-electron chi connectivity index (χ2n) is 4.42. The van der Waals surface area contributed by atoms with Gasteiger partial charge < -0.3 is 15.3 Å². The predicted octanol–water partition coefficient (Wildman–Crippen LogP) is 3.04. The number of benzene rings is 1. The van der Waals surface area contributed by atoms with Gasteiger partial charge in [-0.2, -0.15) is 0 Å². The van der Waals surface area contributed by atoms with Crippen molar-refractivity contribution in [1.29, 1.82) is 0 Å². The molecule has 0 atom stereocenters. The summed E-state index contributed by atoms with van der Waals surface area (Å²) >= 11 is 9.28. The third-order valence-corrected chi connectivity index (χ3v) is 3.69. The Hall–Kier alpha value is -1.27. The lowest BCUT2D eigenvalue weighted by Crippen LogP contribution is -2.52. The second kappa shape index (κ2) is 5.79. The summed E-state index contributed by atoms with van der Waals surface area (Å²) in [5, 5.41) is 11.8. The van der Waals surface area contributed by atoms with Crippen LogP contribution in [-0.4, -0.2) is 35.1 Å². The maximum atomic E-state index is 11.9. The van der Waals surface area contributed by atoms with Gasteiger partial charge in [-0.25, -0.2) is 4.79 Å². The van der Waals surface area contributed by atoms with E-state index in [1.165, 1.54) is 0 Å². The van der Waals surface area contributed by atoms with Crippen molar-refractivity contribution in [3.8, 4) is 0 Å². The van der Waals surface area contributed by atoms with Crippen molar-refractivity contribution in [3.63, 3.8) is 0 Å². The SMILES string of the molecule is O=C(O)CC1CN(C(=O)Nc2ccc(Br)cc2Cl)C1. The molecule has 2 N–H and O–H groups in total. The summed E-state index contributed by atoms with van der Waals surface area (Å²) in [7, 11) is 0. The van der Waals surface area contributed by atoms with Crippen LogP contribution in [0.1, 0.15) is 6.42 Å². The van der Waals surface area contributed by atoms with E-state index in [0.717, 1.165) is 4.47 Å². The van der Waals surface area contributed by atoms with Crippen molar-refractivity contribution >= 4 is 45.2 Å². The van der Waals surface area contributed by atoms with E-state index in [-0.39, 0.29) is 18.4 Å². The number of hydrogen-bond acceptors (Lipinski definition) is 2. The monoisotopic (exact) mass is 346 g/mol. The number of anilines is 1. The molecule has 1 aromatic carbocycles. The lowest BCUT2D eigenvalue weighted by Gasteiger charge is -2.38. The number of likely N-dealkylation sites (tertiary alicyclic amines) is 1. The third kappa shape index (κ3) is 3.61. The molecule has 0 aromatic heterocycles. The van der Waals surface area contributed by atoms with Gasteiger partial charge in [-0.15, -0.1) is 0 Å². The average Bonchev–Trinajstić information content (AvgIpc) is 2.26. The van der Waals surface area contributed by atoms with Gasteiger partial charge >= 0.3 is 12.0 Å². The lowest BCUT2D eigenvalue weighted by atomic mass is 9.97. The Bertz CT molecular complexity index is 518. The number of nitrogens with one attached hydrogen (secondary N) is 1. The van der Waals surface area contributed by atoms with Crippen LogP contribution in [0.2, 0.25) is 5.02 Å². The molecule has 1 aliphatic rings. The molecule has 5 nitrogen and oxygen atoms in total. The quantitative estimate of drug-likeness (QED) is 0.883. The molecule has 1 heterocycles. The molecule has 1 aromatic rings. The Kier molecular flexibility index (Phi) is 4.31. The molecule has 1 fully saturated rings. The third-order valence-electron chi connectivity index (χ3n) is 2.88. The van der Waals surface area contributed by atoms with E-state index in [1.807, 2.05) is 0 Å². The van der Waals surface area contributed by atoms with Crippen LogP contribution in [-0.2, 0) is 4.79 Å². The van der Waals surface area contributed by atoms with Gasteiger partial charge in [0.15, 0.2) is 0 Å². The maximum Gasteiger partial charge on any atom is 0.321 e. The van der Waals surface area contributed by atoms with Gasteiger partial charge in [0.05, 0.1) is 17.1 Å². The summed E-state index contributed by atoms with van der Waals surface area (Å²) in [6.45, 7) is 0.929. The first kappa shape index (κ1) is 14.1. The number of carbonyl (C=O) groups excluding carboxylic acids is 1. The number of carbonyl (C=O) groups is 2. The highest BCUT2D eigenvalue weighted by Gasteiger charge is 2.32. The van der Waals surface area contributed by atoms with E-state index >= 15 is 0 Å². The van der Waals surface area contributed by atoms with Crippen LogP contribution >= 0.6 is 27.5 Å². The summed E-state index contributed by atoms with van der Waals surface area (Å²) in [4.78, 5) is 23.9. The topological polar surface area (TPSA) is 69.6 Å². The van der Waals surface area contributed by atoms with Gasteiger partial charge in [-0.3, -0.25) is 4.79 Å². The van der Waals surface area contributed by atoms with Crippen LogP contribution in [0, 0.1) is 5.92 Å². The number of rotatable bonds is 3. The van der Waals surface area contributed by atoms with Gasteiger partial charge in [0.2, 0.25) is 0 Å². The Morgan fingerprint density at radius 2 is 2.16 bits per heavy atom. The van der Waals surface area contributed by atoms with Crippen molar-refractivity contribution in [2.75, 3.05) is 18.4 Å². The van der Waals surface area contributed by atoms with Crippen molar-refractivity contribution < 1.29 is 14.7 Å². The molecule has 0 radical (unpaired) electrons. The van der Waals surface area contributed by atoms with Crippen molar-refractivity contribution in [2.45, 2.75) is 6.42 Å². The average molecular weight is 348 g/mol. The molecule has 7 heteroatoms. The first-order chi connectivity index (χ1) is 8.95. The molecule has 0 unspecified atom stereocenters. The number of aliphatic carboxylic acids is 1. The fourth-order valence-electron chi connectivity index (χ4n) is 1.90. The van der Waals surface area contributed by atoms with E-state index in [9.17, 15) is 9.59 Å². The van der Waals surface area contributed by atoms with Crippen LogP contribution < -0.4 is 5.32 Å². The summed E-state index contributed by atoms with van der Waals surface area (Å²) in [5.41, 5.74) is 0.538. The molecule has 0 aliphatic carbocycles. The number of carboxylic acid groups (broad SMARTS) is 1. The summed E-state index contributed by atoms with van der Waals surface area (Å²) in [5.74, 6) is -0.787. The normalized spacial score (nSPS) is 14.9. The Labute approximate surface area is 123 Å². The predicted molar refractivity (Wildman–Crippen MR) is 75.5 cm³/mol. The maximum absolute atomic E-state index is 11.9. The Morgan fingerprint density at radius 1 is 1.47 bits per heavy atom. The van der Waals surface area contributed by atoms with E-state index in [2.05, 4.69) is 21.2 Å². The molecular formula is C12H12BrClN2O3. The van der Waals surface area contributed by atoms with Gasteiger partial charge in [0.1, 0.15) is 0 Å². The molecule has 0 saturated carbocycles. The van der Waals surface area contributed by atoms with E-state index in [1.54, 1.807) is 23.1 Å². The van der Waals surface area contributed by atoms with Crippen molar-refractivity contribution in [3.05, 3.63) is 27.7 Å². The van der Waals surface area contributed by atoms with Crippen molar-refractivity contribution in [1.82, 2.24) is 4.90 Å².